The second kappa shape index (κ2) is 29.4. The summed E-state index contributed by atoms with van der Waals surface area (Å²) in [5, 5.41) is 25.6. The summed E-state index contributed by atoms with van der Waals surface area (Å²) >= 11 is 0. The van der Waals surface area contributed by atoms with Crippen LogP contribution in [0.5, 0.6) is 0 Å². The summed E-state index contributed by atoms with van der Waals surface area (Å²) in [6.07, 6.45) is 8.23. The first-order valence-electron chi connectivity index (χ1n) is 8.11. The minimum atomic E-state index is -0.833. The highest BCUT2D eigenvalue weighted by Crippen LogP contribution is 2.03. The number of carbonyl (C=O) groups is 3. The fourth-order valence-corrected chi connectivity index (χ4v) is 1.26. The molecule has 24 heavy (non-hydrogen) atoms. The van der Waals surface area contributed by atoms with E-state index in [1.54, 1.807) is 0 Å². The summed E-state index contributed by atoms with van der Waals surface area (Å²) in [4.78, 5) is 27.0. The molecule has 0 aromatic carbocycles. The van der Waals surface area contributed by atoms with E-state index in [2.05, 4.69) is 12.2 Å². The molecular formula is C16H36N2O6. The van der Waals surface area contributed by atoms with Crippen molar-refractivity contribution in [2.24, 2.45) is 5.73 Å². The van der Waals surface area contributed by atoms with Gasteiger partial charge in [0.2, 0.25) is 0 Å². The van der Waals surface area contributed by atoms with Gasteiger partial charge in [-0.15, -0.1) is 0 Å². The molecule has 0 bridgehead atoms. The zero-order valence-electron chi connectivity index (χ0n) is 15.5. The van der Waals surface area contributed by atoms with Crippen molar-refractivity contribution in [3.05, 3.63) is 0 Å². The fraction of sp³-hybridized carbons (Fsp3) is 0.812. The third-order valence-corrected chi connectivity index (χ3v) is 2.03. The van der Waals surface area contributed by atoms with Crippen molar-refractivity contribution in [2.75, 3.05) is 19.6 Å². The zero-order chi connectivity index (χ0) is 19.8. The van der Waals surface area contributed by atoms with Crippen LogP contribution in [0, 0.1) is 0 Å². The Morgan fingerprint density at radius 3 is 1.42 bits per heavy atom. The van der Waals surface area contributed by atoms with E-state index in [9.17, 15) is 0 Å². The number of unbranched alkanes of at least 4 members (excludes halogenated alkanes) is 5. The van der Waals surface area contributed by atoms with Gasteiger partial charge >= 0.3 is 0 Å². The third-order valence-electron chi connectivity index (χ3n) is 2.03. The normalized spacial score (nSPS) is 8.38. The number of rotatable bonds is 9. The Bertz CT molecular complexity index is 235. The van der Waals surface area contributed by atoms with Crippen LogP contribution in [0.2, 0.25) is 0 Å². The summed E-state index contributed by atoms with van der Waals surface area (Å²) in [7, 11) is 0. The van der Waals surface area contributed by atoms with Gasteiger partial charge in [0, 0.05) is 33.9 Å². The number of nitrogens with one attached hydrogen (secondary N) is 1. The number of hydrogen-bond acceptors (Lipinski definition) is 5. The number of carboxylic acids is 3. The largest absolute Gasteiger partial charge is 0.481 e. The molecule has 0 unspecified atom stereocenters. The maximum absolute atomic E-state index is 9.00. The van der Waals surface area contributed by atoms with Crippen molar-refractivity contribution < 1.29 is 29.7 Å². The van der Waals surface area contributed by atoms with Gasteiger partial charge in [0.1, 0.15) is 0 Å². The standard InChI is InChI=1S/C10H24N2.3C2H4O2/c1-2-3-4-5-6-7-9-12-10-8-11;3*1-2(3)4/h12H,2-11H2,1H3;3*1H3,(H,3,4). The van der Waals surface area contributed by atoms with Crippen LogP contribution >= 0.6 is 0 Å². The minimum absolute atomic E-state index is 0.760. The number of carboxylic acid groups (broad SMARTS) is 3. The van der Waals surface area contributed by atoms with E-state index in [-0.39, 0.29) is 0 Å². The molecule has 0 aliphatic carbocycles. The molecule has 0 radical (unpaired) electrons. The zero-order valence-corrected chi connectivity index (χ0v) is 15.5. The van der Waals surface area contributed by atoms with E-state index < -0.39 is 17.9 Å². The molecule has 0 saturated carbocycles. The Balaban J connectivity index is -0.000000137. The maximum atomic E-state index is 9.00. The molecule has 6 N–H and O–H groups in total. The van der Waals surface area contributed by atoms with Gasteiger partial charge < -0.3 is 26.4 Å². The first-order valence-corrected chi connectivity index (χ1v) is 8.11. The molecule has 0 fully saturated rings. The highest BCUT2D eigenvalue weighted by atomic mass is 16.4. The van der Waals surface area contributed by atoms with Crippen molar-refractivity contribution >= 4 is 17.9 Å². The van der Waals surface area contributed by atoms with Crippen LogP contribution in [0.25, 0.3) is 0 Å². The Labute approximate surface area is 145 Å². The van der Waals surface area contributed by atoms with Gasteiger partial charge in [0.15, 0.2) is 0 Å². The van der Waals surface area contributed by atoms with Crippen LogP contribution in [0.15, 0.2) is 0 Å². The Morgan fingerprint density at radius 2 is 1.08 bits per heavy atom. The van der Waals surface area contributed by atoms with Crippen LogP contribution in [0.4, 0.5) is 0 Å². The SMILES string of the molecule is CC(=O)O.CC(=O)O.CC(=O)O.CCCCCCCCNCCN. The van der Waals surface area contributed by atoms with Gasteiger partial charge in [-0.1, -0.05) is 39.0 Å². The monoisotopic (exact) mass is 352 g/mol. The molecule has 8 heteroatoms. The molecule has 8 nitrogen and oxygen atoms in total. The lowest BCUT2D eigenvalue weighted by molar-refractivity contribution is -0.135. The van der Waals surface area contributed by atoms with Crippen LogP contribution in [0.1, 0.15) is 66.2 Å². The highest BCUT2D eigenvalue weighted by Gasteiger charge is 1.89. The van der Waals surface area contributed by atoms with Crippen LogP contribution in [-0.4, -0.2) is 52.9 Å². The fourth-order valence-electron chi connectivity index (χ4n) is 1.26. The average Bonchev–Trinajstić information content (AvgIpc) is 2.40. The van der Waals surface area contributed by atoms with Crippen molar-refractivity contribution in [3.63, 3.8) is 0 Å². The lowest BCUT2D eigenvalue weighted by atomic mass is 10.1. The first kappa shape index (κ1) is 30.2. The van der Waals surface area contributed by atoms with E-state index in [1.165, 1.54) is 38.5 Å². The van der Waals surface area contributed by atoms with Crippen LogP contribution in [-0.2, 0) is 14.4 Å². The molecule has 0 aromatic rings. The number of hydrogen-bond donors (Lipinski definition) is 5. The topological polar surface area (TPSA) is 150 Å². The van der Waals surface area contributed by atoms with Crippen molar-refractivity contribution in [3.8, 4) is 0 Å². The Morgan fingerprint density at radius 1 is 0.750 bits per heavy atom. The van der Waals surface area contributed by atoms with E-state index in [1.807, 2.05) is 0 Å². The molecule has 0 spiro atoms. The van der Waals surface area contributed by atoms with Crippen molar-refractivity contribution in [1.82, 2.24) is 5.32 Å². The number of nitrogens with two attached hydrogens (primary N) is 1. The molecule has 0 atom stereocenters. The van der Waals surface area contributed by atoms with E-state index in [0.717, 1.165) is 40.4 Å². The second-order valence-corrected chi connectivity index (χ2v) is 4.86. The smallest absolute Gasteiger partial charge is 0.300 e. The summed E-state index contributed by atoms with van der Waals surface area (Å²) < 4.78 is 0. The first-order chi connectivity index (χ1) is 11.1. The summed E-state index contributed by atoms with van der Waals surface area (Å²) in [5.41, 5.74) is 5.35. The van der Waals surface area contributed by atoms with Gasteiger partial charge in [-0.05, 0) is 13.0 Å². The maximum Gasteiger partial charge on any atom is 0.300 e. The van der Waals surface area contributed by atoms with Crippen molar-refractivity contribution in [2.45, 2.75) is 66.2 Å². The molecule has 0 rings (SSSR count). The second-order valence-electron chi connectivity index (χ2n) is 4.86. The van der Waals surface area contributed by atoms with Crippen LogP contribution in [0.3, 0.4) is 0 Å². The Kier molecular flexibility index (Phi) is 37.0. The molecule has 0 saturated heterocycles. The van der Waals surface area contributed by atoms with Crippen molar-refractivity contribution in [1.29, 1.82) is 0 Å². The molecule has 0 aliphatic rings. The molecule has 0 aromatic heterocycles. The average molecular weight is 352 g/mol. The quantitative estimate of drug-likeness (QED) is 0.396. The van der Waals surface area contributed by atoms with E-state index in [4.69, 9.17) is 35.4 Å². The lowest BCUT2D eigenvalue weighted by Crippen LogP contribution is -2.23. The molecular weight excluding hydrogens is 316 g/mol. The van der Waals surface area contributed by atoms with Gasteiger partial charge in [-0.3, -0.25) is 14.4 Å². The highest BCUT2D eigenvalue weighted by molar-refractivity contribution is 5.63. The Hall–Kier alpha value is -1.67. The summed E-state index contributed by atoms with van der Waals surface area (Å²) in [6.45, 7) is 8.37. The molecule has 0 aliphatic heterocycles. The third kappa shape index (κ3) is 141. The summed E-state index contributed by atoms with van der Waals surface area (Å²) in [6, 6.07) is 0. The van der Waals surface area contributed by atoms with Crippen LogP contribution < -0.4 is 11.1 Å². The van der Waals surface area contributed by atoms with Gasteiger partial charge in [0.05, 0.1) is 0 Å². The van der Waals surface area contributed by atoms with E-state index in [0.29, 0.717) is 0 Å². The van der Waals surface area contributed by atoms with Gasteiger partial charge in [-0.25, -0.2) is 0 Å². The van der Waals surface area contributed by atoms with Gasteiger partial charge in [0.25, 0.3) is 17.9 Å². The lowest BCUT2D eigenvalue weighted by Gasteiger charge is -2.02. The molecule has 0 amide bonds. The minimum Gasteiger partial charge on any atom is -0.481 e. The number of aliphatic carboxylic acids is 3. The predicted octanol–water partition coefficient (Wildman–Crippen LogP) is 2.17. The summed E-state index contributed by atoms with van der Waals surface area (Å²) in [5.74, 6) is -2.50. The predicted molar refractivity (Wildman–Crippen MR) is 95.2 cm³/mol. The molecule has 146 valence electrons. The molecule has 0 heterocycles. The van der Waals surface area contributed by atoms with Gasteiger partial charge in [-0.2, -0.15) is 0 Å². The van der Waals surface area contributed by atoms with E-state index >= 15 is 0 Å².